The average molecular weight is 328 g/mol. The highest BCUT2D eigenvalue weighted by atomic mass is 19.4. The van der Waals surface area contributed by atoms with E-state index in [1.165, 1.54) is 13.0 Å². The molecule has 0 radical (unpaired) electrons. The molecule has 124 valence electrons. The van der Waals surface area contributed by atoms with Gasteiger partial charge in [0.15, 0.2) is 0 Å². The number of amides is 1. The lowest BCUT2D eigenvalue weighted by molar-refractivity contribution is -0.174. The number of carbonyl (C=O) groups excluding carboxylic acids is 1. The van der Waals surface area contributed by atoms with E-state index in [1.54, 1.807) is 24.3 Å². The fourth-order valence-corrected chi connectivity index (χ4v) is 2.03. The summed E-state index contributed by atoms with van der Waals surface area (Å²) in [5.74, 6) is -0.587. The number of pyridine rings is 1. The molecule has 0 aliphatic heterocycles. The molecule has 2 N–H and O–H groups in total. The Morgan fingerprint density at radius 1 is 1.35 bits per heavy atom. The molecule has 8 heteroatoms. The predicted molar refractivity (Wildman–Crippen MR) is 78.4 cm³/mol. The van der Waals surface area contributed by atoms with Gasteiger partial charge in [-0.15, -0.1) is 0 Å². The Labute approximate surface area is 129 Å². The minimum atomic E-state index is -4.41. The zero-order valence-corrected chi connectivity index (χ0v) is 12.2. The molecule has 0 spiro atoms. The van der Waals surface area contributed by atoms with E-state index in [2.05, 4.69) is 15.0 Å². The number of nitrogens with one attached hydrogen (secondary N) is 2. The third kappa shape index (κ3) is 4.82. The molecule has 0 aliphatic rings. The van der Waals surface area contributed by atoms with E-state index in [1.807, 2.05) is 0 Å². The number of alkyl halides is 3. The molecule has 1 atom stereocenters. The number of H-pyrrole nitrogens is 1. The van der Waals surface area contributed by atoms with E-state index < -0.39 is 30.3 Å². The number of benzene rings is 1. The van der Waals surface area contributed by atoms with Gasteiger partial charge in [-0.25, -0.2) is 0 Å². The van der Waals surface area contributed by atoms with E-state index >= 15 is 0 Å². The molecular weight excluding hydrogens is 313 g/mol. The highest BCUT2D eigenvalue weighted by molar-refractivity contribution is 5.96. The van der Waals surface area contributed by atoms with Crippen LogP contribution in [-0.2, 0) is 4.74 Å². The van der Waals surface area contributed by atoms with Gasteiger partial charge in [-0.3, -0.25) is 9.59 Å². The van der Waals surface area contributed by atoms with Crippen molar-refractivity contribution in [1.82, 2.24) is 10.3 Å². The van der Waals surface area contributed by atoms with Gasteiger partial charge in [0.05, 0.1) is 6.61 Å². The smallest absolute Gasteiger partial charge is 0.370 e. The number of ether oxygens (including phenoxy) is 1. The summed E-state index contributed by atoms with van der Waals surface area (Å²) >= 11 is 0. The van der Waals surface area contributed by atoms with Crippen molar-refractivity contribution in [2.45, 2.75) is 19.1 Å². The lowest BCUT2D eigenvalue weighted by Crippen LogP contribution is -2.37. The first-order chi connectivity index (χ1) is 10.8. The normalized spacial score (nSPS) is 13.0. The standard InChI is InChI=1S/C15H15F3N2O3/c1-9(7-23-8-15(16,17)18)19-14(22)12-6-10-4-2-3-5-11(10)13(21)20-12/h2-6,9H,7-8H2,1H3,(H,19,22)(H,20,21)/t9-/m0/s1. The second-order valence-corrected chi connectivity index (χ2v) is 5.10. The topological polar surface area (TPSA) is 71.2 Å². The van der Waals surface area contributed by atoms with E-state index in [-0.39, 0.29) is 12.3 Å². The van der Waals surface area contributed by atoms with Gasteiger partial charge in [-0.05, 0) is 24.4 Å². The Kier molecular flexibility index (Phi) is 5.05. The maximum Gasteiger partial charge on any atom is 0.411 e. The minimum absolute atomic E-state index is 0.0383. The van der Waals surface area contributed by atoms with Gasteiger partial charge in [-0.1, -0.05) is 18.2 Å². The van der Waals surface area contributed by atoms with Crippen LogP contribution in [0, 0.1) is 0 Å². The quantitative estimate of drug-likeness (QED) is 0.884. The largest absolute Gasteiger partial charge is 0.411 e. The molecule has 2 aromatic rings. The number of fused-ring (bicyclic) bond motifs is 1. The Morgan fingerprint density at radius 3 is 2.74 bits per heavy atom. The summed E-state index contributed by atoms with van der Waals surface area (Å²) in [6, 6.07) is 7.63. The van der Waals surface area contributed by atoms with Crippen molar-refractivity contribution in [3.8, 4) is 0 Å². The zero-order chi connectivity index (χ0) is 17.0. The summed E-state index contributed by atoms with van der Waals surface area (Å²) < 4.78 is 40.4. The van der Waals surface area contributed by atoms with Gasteiger partial charge >= 0.3 is 6.18 Å². The third-order valence-electron chi connectivity index (χ3n) is 3.01. The summed E-state index contributed by atoms with van der Waals surface area (Å²) in [5, 5.41) is 3.52. The van der Waals surface area contributed by atoms with Crippen LogP contribution >= 0.6 is 0 Å². The summed E-state index contributed by atoms with van der Waals surface area (Å²) in [7, 11) is 0. The molecule has 0 unspecified atom stereocenters. The van der Waals surface area contributed by atoms with Crippen molar-refractivity contribution in [3.63, 3.8) is 0 Å². The van der Waals surface area contributed by atoms with Crippen molar-refractivity contribution in [2.75, 3.05) is 13.2 Å². The number of rotatable bonds is 5. The van der Waals surface area contributed by atoms with Gasteiger partial charge in [0.1, 0.15) is 12.3 Å². The summed E-state index contributed by atoms with van der Waals surface area (Å²) in [4.78, 5) is 26.4. The van der Waals surface area contributed by atoms with Crippen molar-refractivity contribution < 1.29 is 22.7 Å². The van der Waals surface area contributed by atoms with Gasteiger partial charge in [0.2, 0.25) is 0 Å². The maximum absolute atomic E-state index is 12.1. The van der Waals surface area contributed by atoms with E-state index in [4.69, 9.17) is 0 Å². The fourth-order valence-electron chi connectivity index (χ4n) is 2.03. The summed E-state index contributed by atoms with van der Waals surface area (Å²) in [5.41, 5.74) is -0.370. The minimum Gasteiger partial charge on any atom is -0.370 e. The first-order valence-electron chi connectivity index (χ1n) is 6.84. The molecule has 0 bridgehead atoms. The molecule has 1 aromatic heterocycles. The van der Waals surface area contributed by atoms with Crippen LogP contribution in [0.5, 0.6) is 0 Å². The van der Waals surface area contributed by atoms with Crippen LogP contribution in [0.4, 0.5) is 13.2 Å². The SMILES string of the molecule is C[C@@H](COCC(F)(F)F)NC(=O)c1cc2ccccc2c(=O)[nH]1. The van der Waals surface area contributed by atoms with Crippen LogP contribution in [0.3, 0.4) is 0 Å². The van der Waals surface area contributed by atoms with Crippen LogP contribution in [-0.4, -0.2) is 36.3 Å². The van der Waals surface area contributed by atoms with Crippen LogP contribution in [0.25, 0.3) is 10.8 Å². The van der Waals surface area contributed by atoms with Crippen LogP contribution in [0.1, 0.15) is 17.4 Å². The molecule has 0 saturated heterocycles. The van der Waals surface area contributed by atoms with Gasteiger partial charge in [0, 0.05) is 11.4 Å². The molecule has 1 aromatic carbocycles. The number of hydrogen-bond donors (Lipinski definition) is 2. The number of halogens is 3. The Morgan fingerprint density at radius 2 is 2.04 bits per heavy atom. The first kappa shape index (κ1) is 17.0. The lowest BCUT2D eigenvalue weighted by Gasteiger charge is -2.15. The fraction of sp³-hybridized carbons (Fsp3) is 0.333. The van der Waals surface area contributed by atoms with Gasteiger partial charge in [-0.2, -0.15) is 13.2 Å². The molecule has 0 fully saturated rings. The van der Waals surface area contributed by atoms with E-state index in [0.717, 1.165) is 0 Å². The highest BCUT2D eigenvalue weighted by Crippen LogP contribution is 2.14. The monoisotopic (exact) mass is 328 g/mol. The second kappa shape index (κ2) is 6.82. The third-order valence-corrected chi connectivity index (χ3v) is 3.01. The molecule has 5 nitrogen and oxygen atoms in total. The number of hydrogen-bond acceptors (Lipinski definition) is 3. The van der Waals surface area contributed by atoms with Crippen LogP contribution in [0.15, 0.2) is 35.1 Å². The Hall–Kier alpha value is -2.35. The van der Waals surface area contributed by atoms with Gasteiger partial charge in [0.25, 0.3) is 11.5 Å². The van der Waals surface area contributed by atoms with E-state index in [9.17, 15) is 22.8 Å². The number of aromatic nitrogens is 1. The van der Waals surface area contributed by atoms with Crippen LogP contribution in [0.2, 0.25) is 0 Å². The van der Waals surface area contributed by atoms with Crippen molar-refractivity contribution in [3.05, 3.63) is 46.4 Å². The average Bonchev–Trinajstić information content (AvgIpc) is 2.45. The number of aromatic amines is 1. The first-order valence-corrected chi connectivity index (χ1v) is 6.84. The molecule has 0 saturated carbocycles. The highest BCUT2D eigenvalue weighted by Gasteiger charge is 2.27. The zero-order valence-electron chi connectivity index (χ0n) is 12.2. The van der Waals surface area contributed by atoms with Gasteiger partial charge < -0.3 is 15.0 Å². The van der Waals surface area contributed by atoms with Crippen molar-refractivity contribution in [1.29, 1.82) is 0 Å². The Balaban J connectivity index is 2.02. The molecule has 2 rings (SSSR count). The lowest BCUT2D eigenvalue weighted by atomic mass is 10.1. The Bertz CT molecular complexity index is 755. The molecule has 1 amide bonds. The van der Waals surface area contributed by atoms with Crippen molar-refractivity contribution >= 4 is 16.7 Å². The second-order valence-electron chi connectivity index (χ2n) is 5.10. The summed E-state index contributed by atoms with van der Waals surface area (Å²) in [6.45, 7) is -0.156. The van der Waals surface area contributed by atoms with Crippen LogP contribution < -0.4 is 10.9 Å². The molecule has 23 heavy (non-hydrogen) atoms. The summed E-state index contributed by atoms with van der Waals surface area (Å²) in [6.07, 6.45) is -4.41. The van der Waals surface area contributed by atoms with E-state index in [0.29, 0.717) is 10.8 Å². The molecule has 1 heterocycles. The number of carbonyl (C=O) groups is 1. The predicted octanol–water partition coefficient (Wildman–Crippen LogP) is 2.23. The molecule has 0 aliphatic carbocycles. The molecular formula is C15H15F3N2O3. The maximum atomic E-state index is 12.1. The van der Waals surface area contributed by atoms with Crippen molar-refractivity contribution in [2.24, 2.45) is 0 Å².